The highest BCUT2D eigenvalue weighted by Gasteiger charge is 2.18. The van der Waals surface area contributed by atoms with Crippen LogP contribution in [0.5, 0.6) is 0 Å². The standard InChI is InChI=1S/C59H39N3/c1-5-15-40(16-6-1)51-31-32-55(43-20-9-3-10-21-43)56(39-51)59-61-57(44-22-11-4-12-23-44)60-58(62-59)54-37-52(41-17-7-2-8-18-41)36-53(38-54)50-30-29-48-34-47(27-28-49(48)35-50)46-26-25-42-19-13-14-24-45(42)33-46/h1-39H/i2D,7D,8D,17D,18D. The normalized spacial score (nSPS) is 12.4. The largest absolute Gasteiger partial charge is 0.208 e. The summed E-state index contributed by atoms with van der Waals surface area (Å²) < 4.78 is 43.7. The van der Waals surface area contributed by atoms with Crippen molar-refractivity contribution in [3.05, 3.63) is 236 Å². The Balaban J connectivity index is 1.12. The maximum atomic E-state index is 9.04. The summed E-state index contributed by atoms with van der Waals surface area (Å²) >= 11 is 0. The monoisotopic (exact) mass is 794 g/mol. The zero-order chi connectivity index (χ0) is 45.6. The molecule has 0 aliphatic rings. The van der Waals surface area contributed by atoms with Crippen molar-refractivity contribution in [2.45, 2.75) is 0 Å². The summed E-state index contributed by atoms with van der Waals surface area (Å²) in [6.45, 7) is 0. The van der Waals surface area contributed by atoms with E-state index < -0.39 is 18.1 Å². The van der Waals surface area contributed by atoms with Crippen LogP contribution in [0.2, 0.25) is 0 Å². The molecule has 0 bridgehead atoms. The molecule has 1 heterocycles. The van der Waals surface area contributed by atoms with Crippen molar-refractivity contribution in [1.82, 2.24) is 15.0 Å². The third-order valence-electron chi connectivity index (χ3n) is 11.4. The lowest BCUT2D eigenvalue weighted by molar-refractivity contribution is 1.07. The van der Waals surface area contributed by atoms with Crippen molar-refractivity contribution in [2.75, 3.05) is 0 Å². The molecule has 0 saturated carbocycles. The lowest BCUT2D eigenvalue weighted by atomic mass is 9.93. The van der Waals surface area contributed by atoms with E-state index in [1.54, 1.807) is 0 Å². The van der Waals surface area contributed by atoms with E-state index in [4.69, 9.17) is 21.8 Å². The summed E-state index contributed by atoms with van der Waals surface area (Å²) in [5.41, 5.74) is 10.6. The smallest absolute Gasteiger partial charge is 0.164 e. The van der Waals surface area contributed by atoms with Crippen molar-refractivity contribution >= 4 is 21.5 Å². The van der Waals surface area contributed by atoms with Crippen LogP contribution in [-0.4, -0.2) is 15.0 Å². The van der Waals surface area contributed by atoms with E-state index >= 15 is 0 Å². The first-order valence-electron chi connectivity index (χ1n) is 23.1. The Morgan fingerprint density at radius 2 is 0.677 bits per heavy atom. The molecule has 11 rings (SSSR count). The van der Waals surface area contributed by atoms with E-state index in [9.17, 15) is 0 Å². The van der Waals surface area contributed by atoms with E-state index in [1.165, 1.54) is 10.8 Å². The number of benzene rings is 10. The van der Waals surface area contributed by atoms with Crippen molar-refractivity contribution in [1.29, 1.82) is 0 Å². The molecular weight excluding hydrogens is 751 g/mol. The van der Waals surface area contributed by atoms with Crippen LogP contribution in [0.1, 0.15) is 6.85 Å². The molecule has 0 fully saturated rings. The molecule has 11 aromatic rings. The van der Waals surface area contributed by atoms with Crippen LogP contribution in [0.15, 0.2) is 236 Å². The van der Waals surface area contributed by atoms with Crippen molar-refractivity contribution in [3.63, 3.8) is 0 Å². The molecule has 0 saturated heterocycles. The Kier molecular flexibility index (Phi) is 8.19. The molecular formula is C59H39N3. The van der Waals surface area contributed by atoms with Gasteiger partial charge in [0.1, 0.15) is 0 Å². The fraction of sp³-hybridized carbons (Fsp3) is 0. The summed E-state index contributed by atoms with van der Waals surface area (Å²) in [6, 6.07) is 68.0. The summed E-state index contributed by atoms with van der Waals surface area (Å²) in [5.74, 6) is 1.29. The molecule has 0 aliphatic carbocycles. The Hall–Kier alpha value is -8.27. The molecule has 0 amide bonds. The van der Waals surface area contributed by atoms with Crippen LogP contribution in [-0.2, 0) is 0 Å². The number of fused-ring (bicyclic) bond motifs is 2. The quantitative estimate of drug-likeness (QED) is 0.154. The van der Waals surface area contributed by atoms with Crippen LogP contribution in [0.4, 0.5) is 0 Å². The first kappa shape index (κ1) is 31.6. The van der Waals surface area contributed by atoms with E-state index in [2.05, 4.69) is 121 Å². The van der Waals surface area contributed by atoms with Crippen molar-refractivity contribution < 1.29 is 6.85 Å². The number of nitrogens with zero attached hydrogens (tertiary/aromatic N) is 3. The minimum absolute atomic E-state index is 0.0920. The van der Waals surface area contributed by atoms with Crippen molar-refractivity contribution in [3.8, 4) is 89.8 Å². The fourth-order valence-corrected chi connectivity index (χ4v) is 8.19. The van der Waals surface area contributed by atoms with Gasteiger partial charge in [0.05, 0.1) is 6.85 Å². The second kappa shape index (κ2) is 16.1. The summed E-state index contributed by atoms with van der Waals surface area (Å²) in [7, 11) is 0. The molecule has 0 N–H and O–H groups in total. The molecule has 3 nitrogen and oxygen atoms in total. The highest BCUT2D eigenvalue weighted by molar-refractivity contribution is 5.94. The van der Waals surface area contributed by atoms with Crippen LogP contribution in [0, 0.1) is 0 Å². The van der Waals surface area contributed by atoms with Crippen LogP contribution < -0.4 is 0 Å². The van der Waals surface area contributed by atoms with Crippen LogP contribution in [0.3, 0.4) is 0 Å². The summed E-state index contributed by atoms with van der Waals surface area (Å²) in [6.07, 6.45) is 0. The average Bonchev–Trinajstić information content (AvgIpc) is 3.39. The Bertz CT molecular complexity index is 3660. The molecule has 10 aromatic carbocycles. The molecule has 0 atom stereocenters. The molecule has 0 unspecified atom stereocenters. The van der Waals surface area contributed by atoms with E-state index in [0.29, 0.717) is 28.6 Å². The zero-order valence-corrected chi connectivity index (χ0v) is 33.5. The number of rotatable bonds is 8. The van der Waals surface area contributed by atoms with Gasteiger partial charge in [-0.3, -0.25) is 0 Å². The van der Waals surface area contributed by atoms with Gasteiger partial charge in [0, 0.05) is 16.7 Å². The fourth-order valence-electron chi connectivity index (χ4n) is 8.19. The van der Waals surface area contributed by atoms with Gasteiger partial charge in [-0.2, -0.15) is 0 Å². The van der Waals surface area contributed by atoms with E-state index in [0.717, 1.165) is 66.4 Å². The molecule has 0 aliphatic heterocycles. The Labute approximate surface area is 368 Å². The SMILES string of the molecule is [2H]c1c([2H])c([2H])c(-c2cc(-c3ccc4cc(-c5ccc6ccccc6c5)ccc4c3)cc(-c3nc(-c4ccccc4)nc(-c4cc(-c5ccccc5)ccc4-c4ccccc4)n3)c2)c([2H])c1[2H]. The number of aromatic nitrogens is 3. The lowest BCUT2D eigenvalue weighted by Gasteiger charge is -2.15. The second-order valence-corrected chi connectivity index (χ2v) is 15.3. The van der Waals surface area contributed by atoms with Gasteiger partial charge in [-0.1, -0.05) is 194 Å². The minimum atomic E-state index is -0.450. The van der Waals surface area contributed by atoms with Crippen molar-refractivity contribution in [2.24, 2.45) is 0 Å². The topological polar surface area (TPSA) is 38.7 Å². The molecule has 0 spiro atoms. The maximum Gasteiger partial charge on any atom is 0.164 e. The average molecular weight is 795 g/mol. The van der Waals surface area contributed by atoms with Crippen LogP contribution >= 0.6 is 0 Å². The maximum absolute atomic E-state index is 9.04. The number of hydrogen-bond acceptors (Lipinski definition) is 3. The van der Waals surface area contributed by atoms with E-state index in [-0.39, 0.29) is 17.6 Å². The van der Waals surface area contributed by atoms with Gasteiger partial charge < -0.3 is 0 Å². The summed E-state index contributed by atoms with van der Waals surface area (Å²) in [4.78, 5) is 15.6. The first-order chi connectivity index (χ1) is 32.8. The van der Waals surface area contributed by atoms with Gasteiger partial charge in [-0.05, 0) is 120 Å². The molecule has 62 heavy (non-hydrogen) atoms. The first-order valence-corrected chi connectivity index (χ1v) is 20.6. The van der Waals surface area contributed by atoms with Gasteiger partial charge in [0.25, 0.3) is 0 Å². The third kappa shape index (κ3) is 7.33. The summed E-state index contributed by atoms with van der Waals surface area (Å²) in [5, 5.41) is 4.47. The molecule has 3 heteroatoms. The van der Waals surface area contributed by atoms with Gasteiger partial charge in [0.15, 0.2) is 17.5 Å². The van der Waals surface area contributed by atoms with Crippen LogP contribution in [0.25, 0.3) is 111 Å². The van der Waals surface area contributed by atoms with Gasteiger partial charge in [-0.25, -0.2) is 15.0 Å². The minimum Gasteiger partial charge on any atom is -0.208 e. The lowest BCUT2D eigenvalue weighted by Crippen LogP contribution is -2.02. The zero-order valence-electron chi connectivity index (χ0n) is 38.5. The van der Waals surface area contributed by atoms with Gasteiger partial charge in [-0.15, -0.1) is 0 Å². The Morgan fingerprint density at radius 3 is 1.32 bits per heavy atom. The third-order valence-corrected chi connectivity index (χ3v) is 11.4. The number of hydrogen-bond donors (Lipinski definition) is 0. The Morgan fingerprint density at radius 1 is 0.242 bits per heavy atom. The predicted molar refractivity (Wildman–Crippen MR) is 258 cm³/mol. The highest BCUT2D eigenvalue weighted by atomic mass is 15.0. The predicted octanol–water partition coefficient (Wildman–Crippen LogP) is 15.5. The second-order valence-electron chi connectivity index (χ2n) is 15.3. The molecule has 290 valence electrons. The molecule has 1 aromatic heterocycles. The van der Waals surface area contributed by atoms with E-state index in [1.807, 2.05) is 84.9 Å². The highest BCUT2D eigenvalue weighted by Crippen LogP contribution is 2.38. The van der Waals surface area contributed by atoms with Gasteiger partial charge >= 0.3 is 0 Å². The van der Waals surface area contributed by atoms with Gasteiger partial charge in [0.2, 0.25) is 0 Å². The molecule has 0 radical (unpaired) electrons.